The minimum absolute atomic E-state index is 0.0993. The normalized spacial score (nSPS) is 10.1. The van der Waals surface area contributed by atoms with E-state index >= 15 is 0 Å². The number of anilines is 1. The van der Waals surface area contributed by atoms with Gasteiger partial charge in [-0.2, -0.15) is 0 Å². The van der Waals surface area contributed by atoms with Crippen molar-refractivity contribution in [3.05, 3.63) is 16.3 Å². The van der Waals surface area contributed by atoms with Crippen LogP contribution < -0.4 is 11.1 Å². The number of hydrogen-bond acceptors (Lipinski definition) is 5. The first kappa shape index (κ1) is 10.5. The van der Waals surface area contributed by atoms with Crippen LogP contribution in [0.1, 0.15) is 12.8 Å². The fourth-order valence-electron chi connectivity index (χ4n) is 1.04. The molecule has 0 atom stereocenters. The summed E-state index contributed by atoms with van der Waals surface area (Å²) in [5, 5.41) is 19.3. The van der Waals surface area contributed by atoms with Crippen molar-refractivity contribution >= 4 is 11.5 Å². The second-order valence-electron chi connectivity index (χ2n) is 2.81. The van der Waals surface area contributed by atoms with Crippen molar-refractivity contribution in [1.29, 1.82) is 0 Å². The zero-order chi connectivity index (χ0) is 10.4. The Morgan fingerprint density at radius 3 is 3.07 bits per heavy atom. The summed E-state index contributed by atoms with van der Waals surface area (Å²) < 4.78 is 0. The molecule has 14 heavy (non-hydrogen) atoms. The summed E-state index contributed by atoms with van der Waals surface area (Å²) in [6.07, 6.45) is 3.19. The lowest BCUT2D eigenvalue weighted by molar-refractivity contribution is -0.388. The van der Waals surface area contributed by atoms with Crippen LogP contribution in [0.2, 0.25) is 0 Å². The Labute approximate surface area is 80.8 Å². The van der Waals surface area contributed by atoms with Gasteiger partial charge >= 0.3 is 5.82 Å². The summed E-state index contributed by atoms with van der Waals surface area (Å²) in [4.78, 5) is 9.94. The van der Waals surface area contributed by atoms with E-state index in [0.717, 1.165) is 12.8 Å². The Balaban J connectivity index is 2.42. The Morgan fingerprint density at radius 1 is 1.64 bits per heavy atom. The summed E-state index contributed by atoms with van der Waals surface area (Å²) in [6.45, 7) is 1.30. The Bertz CT molecular complexity index is 298. The molecule has 1 heterocycles. The first-order valence-corrected chi connectivity index (χ1v) is 4.37. The van der Waals surface area contributed by atoms with Crippen LogP contribution in [0, 0.1) is 10.1 Å². The minimum atomic E-state index is -0.502. The van der Waals surface area contributed by atoms with Crippen LogP contribution in [-0.4, -0.2) is 28.2 Å². The maximum absolute atomic E-state index is 10.4. The van der Waals surface area contributed by atoms with Crippen LogP contribution >= 0.6 is 0 Å². The molecule has 0 radical (unpaired) electrons. The van der Waals surface area contributed by atoms with Crippen LogP contribution in [0.4, 0.5) is 11.5 Å². The van der Waals surface area contributed by atoms with Crippen LogP contribution in [0.5, 0.6) is 0 Å². The summed E-state index contributed by atoms with van der Waals surface area (Å²) >= 11 is 0. The van der Waals surface area contributed by atoms with Crippen LogP contribution in [0.25, 0.3) is 0 Å². The van der Waals surface area contributed by atoms with E-state index in [1.54, 1.807) is 0 Å². The van der Waals surface area contributed by atoms with Gasteiger partial charge in [0, 0.05) is 6.54 Å². The molecule has 7 heteroatoms. The van der Waals surface area contributed by atoms with Crippen LogP contribution in [0.15, 0.2) is 6.20 Å². The van der Waals surface area contributed by atoms with E-state index in [9.17, 15) is 10.1 Å². The van der Waals surface area contributed by atoms with Crippen molar-refractivity contribution in [2.75, 3.05) is 18.4 Å². The Kier molecular flexibility index (Phi) is 3.86. The van der Waals surface area contributed by atoms with Gasteiger partial charge in [0.05, 0.1) is 0 Å². The fourth-order valence-corrected chi connectivity index (χ4v) is 1.04. The van der Waals surface area contributed by atoms with E-state index in [2.05, 4.69) is 15.5 Å². The van der Waals surface area contributed by atoms with Crippen molar-refractivity contribution in [2.45, 2.75) is 12.8 Å². The van der Waals surface area contributed by atoms with E-state index in [4.69, 9.17) is 5.73 Å². The molecule has 0 bridgehead atoms. The number of aromatic nitrogens is 2. The number of nitro groups is 1. The Hall–Kier alpha value is -1.63. The number of H-pyrrole nitrogens is 1. The molecule has 4 N–H and O–H groups in total. The van der Waals surface area contributed by atoms with Gasteiger partial charge in [0.1, 0.15) is 6.20 Å². The quantitative estimate of drug-likeness (QED) is 0.350. The second-order valence-corrected chi connectivity index (χ2v) is 2.81. The van der Waals surface area contributed by atoms with E-state index < -0.39 is 4.92 Å². The highest BCUT2D eigenvalue weighted by molar-refractivity contribution is 5.55. The van der Waals surface area contributed by atoms with Crippen molar-refractivity contribution in [3.63, 3.8) is 0 Å². The van der Waals surface area contributed by atoms with Gasteiger partial charge in [-0.05, 0) is 24.3 Å². The highest BCUT2D eigenvalue weighted by atomic mass is 16.6. The van der Waals surface area contributed by atoms with Gasteiger partial charge in [0.2, 0.25) is 0 Å². The molecule has 0 fully saturated rings. The third kappa shape index (κ3) is 2.70. The lowest BCUT2D eigenvalue weighted by atomic mass is 10.3. The zero-order valence-electron chi connectivity index (χ0n) is 7.69. The molecule has 1 rings (SSSR count). The van der Waals surface area contributed by atoms with Gasteiger partial charge < -0.3 is 21.2 Å². The number of aromatic amines is 1. The molecule has 1 aromatic rings. The SMILES string of the molecule is NCCCCNc1cn[nH]c1[N+](=O)[O-]. The van der Waals surface area contributed by atoms with Gasteiger partial charge in [-0.1, -0.05) is 5.10 Å². The predicted molar refractivity (Wildman–Crippen MR) is 52.0 cm³/mol. The topological polar surface area (TPSA) is 110 Å². The third-order valence-electron chi connectivity index (χ3n) is 1.75. The molecule has 0 aliphatic heterocycles. The smallest absolute Gasteiger partial charge is 0.366 e. The Morgan fingerprint density at radius 2 is 2.43 bits per heavy atom. The van der Waals surface area contributed by atoms with Crippen molar-refractivity contribution in [3.8, 4) is 0 Å². The monoisotopic (exact) mass is 199 g/mol. The summed E-state index contributed by atoms with van der Waals surface area (Å²) in [5.41, 5.74) is 5.73. The summed E-state index contributed by atoms with van der Waals surface area (Å²) in [5.74, 6) is -0.0993. The zero-order valence-corrected chi connectivity index (χ0v) is 7.69. The number of nitrogens with zero attached hydrogens (tertiary/aromatic N) is 2. The molecular weight excluding hydrogens is 186 g/mol. The molecule has 0 aromatic carbocycles. The molecule has 7 nitrogen and oxygen atoms in total. The van der Waals surface area contributed by atoms with Crippen molar-refractivity contribution < 1.29 is 4.92 Å². The minimum Gasteiger partial charge on any atom is -0.377 e. The molecule has 1 aromatic heterocycles. The van der Waals surface area contributed by atoms with E-state index in [-0.39, 0.29) is 5.82 Å². The molecule has 0 saturated carbocycles. The first-order valence-electron chi connectivity index (χ1n) is 4.37. The molecule has 0 aliphatic rings. The summed E-state index contributed by atoms with van der Waals surface area (Å²) in [6, 6.07) is 0. The molecule has 0 amide bonds. The maximum atomic E-state index is 10.4. The van der Waals surface area contributed by atoms with Gasteiger partial charge in [0.15, 0.2) is 5.69 Å². The van der Waals surface area contributed by atoms with Crippen molar-refractivity contribution in [1.82, 2.24) is 10.2 Å². The molecule has 0 aliphatic carbocycles. The molecule has 0 unspecified atom stereocenters. The molecular formula is C7H13N5O2. The molecule has 78 valence electrons. The van der Waals surface area contributed by atoms with Gasteiger partial charge in [0.25, 0.3) is 0 Å². The molecule has 0 spiro atoms. The van der Waals surface area contributed by atoms with Crippen LogP contribution in [0.3, 0.4) is 0 Å². The van der Waals surface area contributed by atoms with E-state index in [0.29, 0.717) is 18.8 Å². The van der Waals surface area contributed by atoms with Crippen LogP contribution in [-0.2, 0) is 0 Å². The maximum Gasteiger partial charge on any atom is 0.366 e. The highest BCUT2D eigenvalue weighted by Crippen LogP contribution is 2.19. The predicted octanol–water partition coefficient (Wildman–Crippen LogP) is 0.469. The average Bonchev–Trinajstić information content (AvgIpc) is 2.60. The van der Waals surface area contributed by atoms with Gasteiger partial charge in [-0.15, -0.1) is 5.10 Å². The summed E-state index contributed by atoms with van der Waals surface area (Å²) in [7, 11) is 0. The number of unbranched alkanes of at least 4 members (excludes halogenated alkanes) is 1. The number of hydrogen-bond donors (Lipinski definition) is 3. The van der Waals surface area contributed by atoms with Crippen molar-refractivity contribution in [2.24, 2.45) is 5.73 Å². The molecule has 0 saturated heterocycles. The average molecular weight is 199 g/mol. The number of nitrogens with one attached hydrogen (secondary N) is 2. The standard InChI is InChI=1S/C7H13N5O2/c8-3-1-2-4-9-6-5-10-11-7(6)12(13)14/h5,9H,1-4,8H2,(H,10,11). The van der Waals surface area contributed by atoms with Gasteiger partial charge in [-0.3, -0.25) is 0 Å². The lowest BCUT2D eigenvalue weighted by Crippen LogP contribution is -2.06. The fraction of sp³-hybridized carbons (Fsp3) is 0.571. The number of rotatable bonds is 6. The third-order valence-corrected chi connectivity index (χ3v) is 1.75. The van der Waals surface area contributed by atoms with E-state index in [1.165, 1.54) is 6.20 Å². The number of nitrogens with two attached hydrogens (primary N) is 1. The second kappa shape index (κ2) is 5.18. The highest BCUT2D eigenvalue weighted by Gasteiger charge is 2.13. The van der Waals surface area contributed by atoms with Gasteiger partial charge in [-0.25, -0.2) is 0 Å². The van der Waals surface area contributed by atoms with E-state index in [1.807, 2.05) is 0 Å². The first-order chi connectivity index (χ1) is 6.75. The largest absolute Gasteiger partial charge is 0.377 e. The lowest BCUT2D eigenvalue weighted by Gasteiger charge is -2.01.